The summed E-state index contributed by atoms with van der Waals surface area (Å²) in [7, 11) is 0. The SMILES string of the molecule is CCOC1CCN(C(=O)[C@@H](N)CC(C)C)CC1. The Kier molecular flexibility index (Phi) is 5.92. The molecule has 17 heavy (non-hydrogen) atoms. The van der Waals surface area contributed by atoms with E-state index < -0.39 is 0 Å². The Hall–Kier alpha value is -0.610. The van der Waals surface area contributed by atoms with Crippen molar-refractivity contribution in [1.82, 2.24) is 4.90 Å². The fourth-order valence-electron chi connectivity index (χ4n) is 2.32. The molecule has 1 rings (SSSR count). The molecule has 0 aromatic heterocycles. The van der Waals surface area contributed by atoms with Gasteiger partial charge in [0.05, 0.1) is 12.1 Å². The van der Waals surface area contributed by atoms with E-state index in [-0.39, 0.29) is 11.9 Å². The van der Waals surface area contributed by atoms with Gasteiger partial charge in [0.15, 0.2) is 0 Å². The molecule has 100 valence electrons. The van der Waals surface area contributed by atoms with Gasteiger partial charge in [-0.15, -0.1) is 0 Å². The highest BCUT2D eigenvalue weighted by atomic mass is 16.5. The van der Waals surface area contributed by atoms with Crippen molar-refractivity contribution in [2.75, 3.05) is 19.7 Å². The molecule has 0 aliphatic carbocycles. The van der Waals surface area contributed by atoms with E-state index >= 15 is 0 Å². The molecule has 0 aromatic rings. The summed E-state index contributed by atoms with van der Waals surface area (Å²) >= 11 is 0. The van der Waals surface area contributed by atoms with E-state index in [0.29, 0.717) is 12.0 Å². The fourth-order valence-corrected chi connectivity index (χ4v) is 2.32. The summed E-state index contributed by atoms with van der Waals surface area (Å²) in [5.41, 5.74) is 5.92. The van der Waals surface area contributed by atoms with Crippen LogP contribution in [0.25, 0.3) is 0 Å². The summed E-state index contributed by atoms with van der Waals surface area (Å²) in [5, 5.41) is 0. The van der Waals surface area contributed by atoms with Crippen LogP contribution in [0.5, 0.6) is 0 Å². The number of nitrogens with two attached hydrogens (primary N) is 1. The molecule has 4 nitrogen and oxygen atoms in total. The first-order valence-corrected chi connectivity index (χ1v) is 6.70. The molecular weight excluding hydrogens is 216 g/mol. The highest BCUT2D eigenvalue weighted by Gasteiger charge is 2.26. The molecule has 1 fully saturated rings. The van der Waals surface area contributed by atoms with Crippen molar-refractivity contribution >= 4 is 5.91 Å². The van der Waals surface area contributed by atoms with Crippen molar-refractivity contribution in [2.45, 2.75) is 52.2 Å². The molecule has 0 radical (unpaired) electrons. The smallest absolute Gasteiger partial charge is 0.239 e. The van der Waals surface area contributed by atoms with Crippen LogP contribution in [0.15, 0.2) is 0 Å². The largest absolute Gasteiger partial charge is 0.378 e. The molecule has 1 amide bonds. The van der Waals surface area contributed by atoms with Crippen molar-refractivity contribution in [3.8, 4) is 0 Å². The first-order valence-electron chi connectivity index (χ1n) is 6.70. The number of hydrogen-bond donors (Lipinski definition) is 1. The van der Waals surface area contributed by atoms with E-state index in [2.05, 4.69) is 13.8 Å². The lowest BCUT2D eigenvalue weighted by Gasteiger charge is -2.33. The lowest BCUT2D eigenvalue weighted by atomic mass is 10.0. The Morgan fingerprint density at radius 2 is 2.00 bits per heavy atom. The summed E-state index contributed by atoms with van der Waals surface area (Å²) in [6.07, 6.45) is 2.97. The molecule has 1 aliphatic heterocycles. The van der Waals surface area contributed by atoms with Crippen LogP contribution in [0.1, 0.15) is 40.0 Å². The number of piperidine rings is 1. The van der Waals surface area contributed by atoms with Crippen molar-refractivity contribution in [3.63, 3.8) is 0 Å². The van der Waals surface area contributed by atoms with E-state index in [4.69, 9.17) is 10.5 Å². The van der Waals surface area contributed by atoms with Gasteiger partial charge in [-0.1, -0.05) is 13.8 Å². The van der Waals surface area contributed by atoms with Gasteiger partial charge in [-0.3, -0.25) is 4.79 Å². The minimum atomic E-state index is -0.335. The summed E-state index contributed by atoms with van der Waals surface area (Å²) in [5.74, 6) is 0.573. The van der Waals surface area contributed by atoms with Crippen molar-refractivity contribution in [2.24, 2.45) is 11.7 Å². The molecule has 0 bridgehead atoms. The molecule has 4 heteroatoms. The van der Waals surface area contributed by atoms with Gasteiger partial charge in [0, 0.05) is 19.7 Å². The molecule has 1 saturated heterocycles. The van der Waals surface area contributed by atoms with E-state index in [1.807, 2.05) is 11.8 Å². The number of nitrogens with zero attached hydrogens (tertiary/aromatic N) is 1. The van der Waals surface area contributed by atoms with Crippen molar-refractivity contribution in [1.29, 1.82) is 0 Å². The van der Waals surface area contributed by atoms with Gasteiger partial charge < -0.3 is 15.4 Å². The Balaban J connectivity index is 2.35. The Morgan fingerprint density at radius 1 is 1.41 bits per heavy atom. The number of carbonyl (C=O) groups excluding carboxylic acids is 1. The summed E-state index contributed by atoms with van der Waals surface area (Å²) < 4.78 is 5.57. The van der Waals surface area contributed by atoms with Gasteiger partial charge in [0.1, 0.15) is 0 Å². The first kappa shape index (κ1) is 14.5. The number of hydrogen-bond acceptors (Lipinski definition) is 3. The molecule has 0 saturated carbocycles. The minimum Gasteiger partial charge on any atom is -0.378 e. The predicted octanol–water partition coefficient (Wildman–Crippen LogP) is 1.39. The van der Waals surface area contributed by atoms with Gasteiger partial charge >= 0.3 is 0 Å². The summed E-state index contributed by atoms with van der Waals surface area (Å²) in [6.45, 7) is 8.52. The van der Waals surface area contributed by atoms with Gasteiger partial charge in [-0.25, -0.2) is 0 Å². The molecule has 2 N–H and O–H groups in total. The van der Waals surface area contributed by atoms with Gasteiger partial charge in [0.25, 0.3) is 0 Å². The van der Waals surface area contributed by atoms with Crippen LogP contribution >= 0.6 is 0 Å². The highest BCUT2D eigenvalue weighted by molar-refractivity contribution is 5.81. The average Bonchev–Trinajstić information content (AvgIpc) is 2.28. The van der Waals surface area contributed by atoms with Crippen LogP contribution in [-0.2, 0) is 9.53 Å². The van der Waals surface area contributed by atoms with Crippen molar-refractivity contribution < 1.29 is 9.53 Å². The van der Waals surface area contributed by atoms with Crippen molar-refractivity contribution in [3.05, 3.63) is 0 Å². The van der Waals surface area contributed by atoms with Gasteiger partial charge in [0.2, 0.25) is 5.91 Å². The predicted molar refractivity (Wildman–Crippen MR) is 68.7 cm³/mol. The van der Waals surface area contributed by atoms with E-state index in [9.17, 15) is 4.79 Å². The molecule has 1 atom stereocenters. The summed E-state index contributed by atoms with van der Waals surface area (Å²) in [4.78, 5) is 13.9. The van der Waals surface area contributed by atoms with E-state index in [0.717, 1.165) is 39.0 Å². The Morgan fingerprint density at radius 3 is 2.47 bits per heavy atom. The molecule has 0 aromatic carbocycles. The van der Waals surface area contributed by atoms with E-state index in [1.165, 1.54) is 0 Å². The third-order valence-electron chi connectivity index (χ3n) is 3.20. The zero-order valence-corrected chi connectivity index (χ0v) is 11.3. The second-order valence-corrected chi connectivity index (χ2v) is 5.22. The number of ether oxygens (including phenoxy) is 1. The molecule has 0 unspecified atom stereocenters. The van der Waals surface area contributed by atoms with Crippen LogP contribution in [0, 0.1) is 5.92 Å². The standard InChI is InChI=1S/C13H26N2O2/c1-4-17-11-5-7-15(8-6-11)13(16)12(14)9-10(2)3/h10-12H,4-9,14H2,1-3H3/t12-/m0/s1. The zero-order chi connectivity index (χ0) is 12.8. The molecule has 0 spiro atoms. The number of rotatable bonds is 5. The third kappa shape index (κ3) is 4.64. The molecule has 1 heterocycles. The van der Waals surface area contributed by atoms with Gasteiger partial charge in [-0.2, -0.15) is 0 Å². The van der Waals surface area contributed by atoms with E-state index in [1.54, 1.807) is 0 Å². The topological polar surface area (TPSA) is 55.6 Å². The lowest BCUT2D eigenvalue weighted by Crippen LogP contribution is -2.48. The Labute approximate surface area is 104 Å². The lowest BCUT2D eigenvalue weighted by molar-refractivity contribution is -0.135. The zero-order valence-electron chi connectivity index (χ0n) is 11.3. The number of carbonyl (C=O) groups is 1. The molecule has 1 aliphatic rings. The second kappa shape index (κ2) is 6.97. The normalized spacial score (nSPS) is 19.7. The van der Waals surface area contributed by atoms with Gasteiger partial charge in [-0.05, 0) is 32.1 Å². The van der Waals surface area contributed by atoms with Crippen LogP contribution in [-0.4, -0.2) is 42.6 Å². The number of amides is 1. The van der Waals surface area contributed by atoms with Crippen LogP contribution in [0.3, 0.4) is 0 Å². The summed E-state index contributed by atoms with van der Waals surface area (Å²) in [6, 6.07) is -0.335. The molecular formula is C13H26N2O2. The average molecular weight is 242 g/mol. The highest BCUT2D eigenvalue weighted by Crippen LogP contribution is 2.15. The minimum absolute atomic E-state index is 0.105. The Bertz CT molecular complexity index is 236. The quantitative estimate of drug-likeness (QED) is 0.792. The monoisotopic (exact) mass is 242 g/mol. The maximum absolute atomic E-state index is 12.1. The van der Waals surface area contributed by atoms with Crippen LogP contribution < -0.4 is 5.73 Å². The third-order valence-corrected chi connectivity index (χ3v) is 3.20. The second-order valence-electron chi connectivity index (χ2n) is 5.22. The first-order chi connectivity index (χ1) is 8.04. The maximum atomic E-state index is 12.1. The maximum Gasteiger partial charge on any atom is 0.239 e. The van der Waals surface area contributed by atoms with Crippen LogP contribution in [0.4, 0.5) is 0 Å². The number of likely N-dealkylation sites (tertiary alicyclic amines) is 1. The van der Waals surface area contributed by atoms with Crippen LogP contribution in [0.2, 0.25) is 0 Å². The fraction of sp³-hybridized carbons (Fsp3) is 0.923.